The van der Waals surface area contributed by atoms with Crippen molar-refractivity contribution < 1.29 is 4.79 Å². The first-order valence-electron chi connectivity index (χ1n) is 6.82. The summed E-state index contributed by atoms with van der Waals surface area (Å²) in [7, 11) is 0. The van der Waals surface area contributed by atoms with E-state index < -0.39 is 0 Å². The molecule has 102 valence electrons. The van der Waals surface area contributed by atoms with Crippen molar-refractivity contribution in [2.75, 3.05) is 31.1 Å². The predicted molar refractivity (Wildman–Crippen MR) is 71.0 cm³/mol. The van der Waals surface area contributed by atoms with Gasteiger partial charge in [-0.15, -0.1) is 0 Å². The van der Waals surface area contributed by atoms with Crippen LogP contribution in [0.4, 0.5) is 5.69 Å². The number of aromatic amines is 1. The Kier molecular flexibility index (Phi) is 3.23. The Morgan fingerprint density at radius 3 is 2.84 bits per heavy atom. The lowest BCUT2D eigenvalue weighted by Crippen LogP contribution is -2.35. The van der Waals surface area contributed by atoms with E-state index in [0.29, 0.717) is 6.54 Å². The summed E-state index contributed by atoms with van der Waals surface area (Å²) in [5.41, 5.74) is 0.604. The van der Waals surface area contributed by atoms with Crippen LogP contribution >= 0.6 is 0 Å². The summed E-state index contributed by atoms with van der Waals surface area (Å²) in [5, 5.41) is 6.17. The fraction of sp³-hybridized carbons (Fsp3) is 0.615. The highest BCUT2D eigenvalue weighted by atomic mass is 16.2. The molecule has 0 saturated carbocycles. The summed E-state index contributed by atoms with van der Waals surface area (Å²) in [6, 6.07) is 1.54. The molecule has 1 N–H and O–H groups in total. The van der Waals surface area contributed by atoms with E-state index in [2.05, 4.69) is 15.1 Å². The van der Waals surface area contributed by atoms with Crippen LogP contribution in [-0.4, -0.2) is 47.2 Å². The van der Waals surface area contributed by atoms with Crippen molar-refractivity contribution in [3.8, 4) is 0 Å². The van der Waals surface area contributed by atoms with Gasteiger partial charge in [0.15, 0.2) is 0 Å². The van der Waals surface area contributed by atoms with Crippen molar-refractivity contribution >= 4 is 11.6 Å². The number of H-pyrrole nitrogens is 1. The Hall–Kier alpha value is -1.85. The van der Waals surface area contributed by atoms with E-state index in [4.69, 9.17) is 0 Å². The molecule has 0 aliphatic carbocycles. The van der Waals surface area contributed by atoms with Gasteiger partial charge in [-0.3, -0.25) is 9.59 Å². The second kappa shape index (κ2) is 5.03. The molecule has 0 spiro atoms. The number of anilines is 1. The van der Waals surface area contributed by atoms with Gasteiger partial charge in [0.1, 0.15) is 0 Å². The SMILES string of the molecule is O=C(C1CCN(c2cn[nH]c(=O)c2)C1)N1CCCC1. The third kappa shape index (κ3) is 2.47. The number of carbonyl (C=O) groups excluding carboxylic acids is 1. The van der Waals surface area contributed by atoms with Gasteiger partial charge in [0.25, 0.3) is 5.56 Å². The quantitative estimate of drug-likeness (QED) is 0.827. The first-order valence-corrected chi connectivity index (χ1v) is 6.82. The molecule has 2 fully saturated rings. The van der Waals surface area contributed by atoms with Crippen LogP contribution in [-0.2, 0) is 4.79 Å². The van der Waals surface area contributed by atoms with Crippen molar-refractivity contribution in [3.05, 3.63) is 22.6 Å². The van der Waals surface area contributed by atoms with Gasteiger partial charge in [-0.1, -0.05) is 0 Å². The van der Waals surface area contributed by atoms with Crippen LogP contribution in [0.3, 0.4) is 0 Å². The minimum absolute atomic E-state index is 0.0670. The summed E-state index contributed by atoms with van der Waals surface area (Å²) in [4.78, 5) is 27.6. The van der Waals surface area contributed by atoms with Gasteiger partial charge in [0.2, 0.25) is 5.91 Å². The number of hydrogen-bond donors (Lipinski definition) is 1. The van der Waals surface area contributed by atoms with Gasteiger partial charge in [-0.25, -0.2) is 5.10 Å². The van der Waals surface area contributed by atoms with Crippen molar-refractivity contribution in [2.24, 2.45) is 5.92 Å². The lowest BCUT2D eigenvalue weighted by Gasteiger charge is -2.21. The maximum atomic E-state index is 12.3. The summed E-state index contributed by atoms with van der Waals surface area (Å²) < 4.78 is 0. The molecule has 0 bridgehead atoms. The summed E-state index contributed by atoms with van der Waals surface area (Å²) in [5.74, 6) is 0.343. The van der Waals surface area contributed by atoms with Crippen LogP contribution in [0.1, 0.15) is 19.3 Å². The van der Waals surface area contributed by atoms with Crippen LogP contribution in [0, 0.1) is 5.92 Å². The fourth-order valence-corrected chi connectivity index (χ4v) is 2.93. The minimum atomic E-state index is -0.202. The monoisotopic (exact) mass is 262 g/mol. The Labute approximate surface area is 111 Å². The average molecular weight is 262 g/mol. The highest BCUT2D eigenvalue weighted by Crippen LogP contribution is 2.24. The van der Waals surface area contributed by atoms with Gasteiger partial charge in [-0.05, 0) is 19.3 Å². The van der Waals surface area contributed by atoms with Gasteiger partial charge < -0.3 is 9.80 Å². The second-order valence-corrected chi connectivity index (χ2v) is 5.27. The average Bonchev–Trinajstić information content (AvgIpc) is 3.10. The molecule has 1 amide bonds. The predicted octanol–water partition coefficient (Wildman–Crippen LogP) is 0.219. The molecule has 3 heterocycles. The number of carbonyl (C=O) groups is 1. The Bertz CT molecular complexity index is 521. The van der Waals surface area contributed by atoms with Gasteiger partial charge in [0.05, 0.1) is 17.8 Å². The van der Waals surface area contributed by atoms with Crippen molar-refractivity contribution in [1.82, 2.24) is 15.1 Å². The molecule has 0 radical (unpaired) electrons. The van der Waals surface area contributed by atoms with E-state index in [1.54, 1.807) is 6.20 Å². The number of likely N-dealkylation sites (tertiary alicyclic amines) is 1. The molecule has 1 aromatic rings. The summed E-state index contributed by atoms with van der Waals surface area (Å²) >= 11 is 0. The largest absolute Gasteiger partial charge is 0.369 e. The maximum Gasteiger partial charge on any atom is 0.266 e. The first kappa shape index (κ1) is 12.2. The van der Waals surface area contributed by atoms with Crippen molar-refractivity contribution in [3.63, 3.8) is 0 Å². The third-order valence-corrected chi connectivity index (χ3v) is 3.97. The number of amides is 1. The zero-order valence-corrected chi connectivity index (χ0v) is 10.8. The molecular weight excluding hydrogens is 244 g/mol. The van der Waals surface area contributed by atoms with Crippen LogP contribution in [0.15, 0.2) is 17.1 Å². The van der Waals surface area contributed by atoms with Crippen LogP contribution in [0.25, 0.3) is 0 Å². The zero-order chi connectivity index (χ0) is 13.2. The van der Waals surface area contributed by atoms with Crippen LogP contribution in [0.5, 0.6) is 0 Å². The normalized spacial score (nSPS) is 23.1. The smallest absolute Gasteiger partial charge is 0.266 e. The molecule has 1 atom stereocenters. The molecule has 2 aliphatic heterocycles. The number of aromatic nitrogens is 2. The van der Waals surface area contributed by atoms with Crippen molar-refractivity contribution in [1.29, 1.82) is 0 Å². The van der Waals surface area contributed by atoms with Gasteiger partial charge >= 0.3 is 0 Å². The second-order valence-electron chi connectivity index (χ2n) is 5.27. The first-order chi connectivity index (χ1) is 9.24. The fourth-order valence-electron chi connectivity index (χ4n) is 2.93. The number of nitrogens with one attached hydrogen (secondary N) is 1. The number of rotatable bonds is 2. The van der Waals surface area contributed by atoms with Crippen LogP contribution < -0.4 is 10.5 Å². The van der Waals surface area contributed by atoms with Gasteiger partial charge in [0, 0.05) is 32.2 Å². The van der Waals surface area contributed by atoms with E-state index in [0.717, 1.165) is 44.6 Å². The minimum Gasteiger partial charge on any atom is -0.369 e. The standard InChI is InChI=1S/C13H18N4O2/c18-12-7-11(8-14-15-12)17-6-3-10(9-17)13(19)16-4-1-2-5-16/h7-8,10H,1-6,9H2,(H,15,18). The molecule has 1 aromatic heterocycles. The highest BCUT2D eigenvalue weighted by molar-refractivity contribution is 5.80. The Morgan fingerprint density at radius 2 is 2.11 bits per heavy atom. The molecule has 2 aliphatic rings. The van der Waals surface area contributed by atoms with E-state index in [9.17, 15) is 9.59 Å². The lowest BCUT2D eigenvalue weighted by atomic mass is 10.1. The van der Waals surface area contributed by atoms with E-state index in [1.807, 2.05) is 4.90 Å². The molecule has 1 unspecified atom stereocenters. The summed E-state index contributed by atoms with van der Waals surface area (Å²) in [6.45, 7) is 3.32. The van der Waals surface area contributed by atoms with E-state index >= 15 is 0 Å². The molecule has 2 saturated heterocycles. The molecule has 0 aromatic carbocycles. The number of nitrogens with zero attached hydrogens (tertiary/aromatic N) is 3. The van der Waals surface area contributed by atoms with Gasteiger partial charge in [-0.2, -0.15) is 5.10 Å². The highest BCUT2D eigenvalue weighted by Gasteiger charge is 2.32. The Morgan fingerprint density at radius 1 is 1.32 bits per heavy atom. The zero-order valence-electron chi connectivity index (χ0n) is 10.8. The molecule has 6 nitrogen and oxygen atoms in total. The van der Waals surface area contributed by atoms with Crippen LogP contribution in [0.2, 0.25) is 0 Å². The topological polar surface area (TPSA) is 69.3 Å². The number of hydrogen-bond acceptors (Lipinski definition) is 4. The van der Waals surface area contributed by atoms with Crippen molar-refractivity contribution in [2.45, 2.75) is 19.3 Å². The maximum absolute atomic E-state index is 12.3. The summed E-state index contributed by atoms with van der Waals surface area (Å²) in [6.07, 6.45) is 4.76. The lowest BCUT2D eigenvalue weighted by molar-refractivity contribution is -0.133. The molecular formula is C13H18N4O2. The van der Waals surface area contributed by atoms with E-state index in [-0.39, 0.29) is 17.4 Å². The van der Waals surface area contributed by atoms with E-state index in [1.165, 1.54) is 6.07 Å². The molecule has 3 rings (SSSR count). The Balaban J connectivity index is 1.66. The molecule has 6 heteroatoms. The molecule has 19 heavy (non-hydrogen) atoms. The third-order valence-electron chi connectivity index (χ3n) is 3.97.